The summed E-state index contributed by atoms with van der Waals surface area (Å²) in [6.45, 7) is 5.45. The molecule has 1 aromatic carbocycles. The number of sulfonamides is 1. The van der Waals surface area contributed by atoms with E-state index in [1.807, 2.05) is 39.8 Å². The van der Waals surface area contributed by atoms with E-state index in [0.717, 1.165) is 5.69 Å². The van der Waals surface area contributed by atoms with Gasteiger partial charge in [-0.1, -0.05) is 0 Å². The zero-order chi connectivity index (χ0) is 13.3. The first-order valence-electron chi connectivity index (χ1n) is 5.43. The van der Waals surface area contributed by atoms with E-state index in [1.54, 1.807) is 24.3 Å². The van der Waals surface area contributed by atoms with Gasteiger partial charge in [-0.3, -0.25) is 0 Å². The largest absolute Gasteiger partial charge is 0.378 e. The van der Waals surface area contributed by atoms with E-state index in [2.05, 4.69) is 4.72 Å². The lowest BCUT2D eigenvalue weighted by atomic mass is 10.1. The molecule has 0 saturated carbocycles. The number of hydrogen-bond acceptors (Lipinski definition) is 3. The number of anilines is 1. The third-order valence-corrected chi connectivity index (χ3v) is 3.88. The summed E-state index contributed by atoms with van der Waals surface area (Å²) in [4.78, 5) is 2.21. The Hall–Kier alpha value is -1.07. The predicted molar refractivity (Wildman–Crippen MR) is 70.8 cm³/mol. The lowest BCUT2D eigenvalue weighted by molar-refractivity contribution is 0.491. The monoisotopic (exact) mass is 256 g/mol. The number of rotatable bonds is 3. The minimum atomic E-state index is -3.43. The van der Waals surface area contributed by atoms with Crippen molar-refractivity contribution in [1.82, 2.24) is 4.72 Å². The molecule has 0 unspecified atom stereocenters. The molecule has 96 valence electrons. The molecular weight excluding hydrogens is 236 g/mol. The van der Waals surface area contributed by atoms with Crippen LogP contribution < -0.4 is 9.62 Å². The van der Waals surface area contributed by atoms with Crippen molar-refractivity contribution >= 4 is 15.7 Å². The fourth-order valence-corrected chi connectivity index (χ4v) is 2.80. The molecule has 1 rings (SSSR count). The molecule has 1 aromatic rings. The standard InChI is InChI=1S/C12H20N2O2S/c1-12(2,3)13-17(15,16)11-8-6-10(7-9-11)14(4)5/h6-9,13H,1-5H3. The van der Waals surface area contributed by atoms with Gasteiger partial charge in [0.1, 0.15) is 0 Å². The maximum absolute atomic E-state index is 12.0. The molecule has 4 nitrogen and oxygen atoms in total. The molecule has 0 bridgehead atoms. The minimum absolute atomic E-state index is 0.290. The van der Waals surface area contributed by atoms with Gasteiger partial charge >= 0.3 is 0 Å². The van der Waals surface area contributed by atoms with Crippen molar-refractivity contribution < 1.29 is 8.42 Å². The molecule has 0 aliphatic carbocycles. The van der Waals surface area contributed by atoms with Gasteiger partial charge in [-0.2, -0.15) is 0 Å². The third-order valence-electron chi connectivity index (χ3n) is 2.10. The first-order chi connectivity index (χ1) is 7.62. The molecule has 0 saturated heterocycles. The van der Waals surface area contributed by atoms with E-state index in [9.17, 15) is 8.42 Å². The molecule has 1 N–H and O–H groups in total. The number of hydrogen-bond donors (Lipinski definition) is 1. The molecule has 0 amide bonds. The van der Waals surface area contributed by atoms with Gasteiger partial charge in [0.15, 0.2) is 0 Å². The smallest absolute Gasteiger partial charge is 0.241 e. The van der Waals surface area contributed by atoms with Crippen molar-refractivity contribution in [3.05, 3.63) is 24.3 Å². The van der Waals surface area contributed by atoms with Crippen LogP contribution in [0.3, 0.4) is 0 Å². The van der Waals surface area contributed by atoms with Crippen LogP contribution in [0.15, 0.2) is 29.2 Å². The van der Waals surface area contributed by atoms with Gasteiger partial charge in [-0.15, -0.1) is 0 Å². The summed E-state index contributed by atoms with van der Waals surface area (Å²) in [5.74, 6) is 0. The summed E-state index contributed by atoms with van der Waals surface area (Å²) < 4.78 is 26.6. The highest BCUT2D eigenvalue weighted by atomic mass is 32.2. The Bertz CT molecular complexity index is 470. The maximum Gasteiger partial charge on any atom is 0.241 e. The Balaban J connectivity index is 3.01. The summed E-state index contributed by atoms with van der Waals surface area (Å²) in [7, 11) is 0.398. The van der Waals surface area contributed by atoms with Crippen molar-refractivity contribution in [2.24, 2.45) is 0 Å². The van der Waals surface area contributed by atoms with E-state index in [4.69, 9.17) is 0 Å². The van der Waals surface area contributed by atoms with Gasteiger partial charge in [0.05, 0.1) is 4.90 Å². The zero-order valence-corrected chi connectivity index (χ0v) is 11.8. The van der Waals surface area contributed by atoms with Crippen LogP contribution >= 0.6 is 0 Å². The number of benzene rings is 1. The summed E-state index contributed by atoms with van der Waals surface area (Å²) in [6, 6.07) is 6.81. The van der Waals surface area contributed by atoms with Crippen LogP contribution in [-0.2, 0) is 10.0 Å². The van der Waals surface area contributed by atoms with Crippen LogP contribution in [0.25, 0.3) is 0 Å². The Morgan fingerprint density at radius 1 is 1.06 bits per heavy atom. The van der Waals surface area contributed by atoms with Crippen molar-refractivity contribution in [2.45, 2.75) is 31.2 Å². The Kier molecular flexibility index (Phi) is 3.84. The van der Waals surface area contributed by atoms with E-state index in [1.165, 1.54) is 0 Å². The Morgan fingerprint density at radius 3 is 1.88 bits per heavy atom. The van der Waals surface area contributed by atoms with Crippen molar-refractivity contribution in [1.29, 1.82) is 0 Å². The fraction of sp³-hybridized carbons (Fsp3) is 0.500. The summed E-state index contributed by atoms with van der Waals surface area (Å²) in [5.41, 5.74) is 0.499. The molecule has 0 heterocycles. The normalized spacial score (nSPS) is 12.5. The Labute approximate surface area is 104 Å². The van der Waals surface area contributed by atoms with Crippen LogP contribution in [0.1, 0.15) is 20.8 Å². The van der Waals surface area contributed by atoms with Gasteiger partial charge in [-0.05, 0) is 45.0 Å². The minimum Gasteiger partial charge on any atom is -0.378 e. The summed E-state index contributed by atoms with van der Waals surface area (Å²) >= 11 is 0. The highest BCUT2D eigenvalue weighted by Crippen LogP contribution is 2.17. The highest BCUT2D eigenvalue weighted by Gasteiger charge is 2.21. The van der Waals surface area contributed by atoms with Gasteiger partial charge in [0.2, 0.25) is 10.0 Å². The van der Waals surface area contributed by atoms with E-state index < -0.39 is 15.6 Å². The van der Waals surface area contributed by atoms with Crippen LogP contribution in [0.2, 0.25) is 0 Å². The topological polar surface area (TPSA) is 49.4 Å². The predicted octanol–water partition coefficient (Wildman–Crippen LogP) is 1.83. The van der Waals surface area contributed by atoms with Crippen molar-refractivity contribution in [3.63, 3.8) is 0 Å². The van der Waals surface area contributed by atoms with Crippen LogP contribution in [0.5, 0.6) is 0 Å². The molecule has 0 aromatic heterocycles. The molecule has 0 aliphatic rings. The molecule has 0 spiro atoms. The van der Waals surface area contributed by atoms with Crippen molar-refractivity contribution in [3.8, 4) is 0 Å². The average molecular weight is 256 g/mol. The molecule has 0 aliphatic heterocycles. The molecular formula is C12H20N2O2S. The van der Waals surface area contributed by atoms with Gasteiger partial charge in [0, 0.05) is 25.3 Å². The number of nitrogens with one attached hydrogen (secondary N) is 1. The van der Waals surface area contributed by atoms with Crippen LogP contribution in [0, 0.1) is 0 Å². The molecule has 0 fully saturated rings. The van der Waals surface area contributed by atoms with Crippen LogP contribution in [-0.4, -0.2) is 28.1 Å². The first-order valence-corrected chi connectivity index (χ1v) is 6.91. The average Bonchev–Trinajstić information content (AvgIpc) is 2.14. The second kappa shape index (κ2) is 4.66. The van der Waals surface area contributed by atoms with E-state index >= 15 is 0 Å². The quantitative estimate of drug-likeness (QED) is 0.897. The summed E-state index contributed by atoms with van der Waals surface area (Å²) in [5, 5.41) is 0. The van der Waals surface area contributed by atoms with Crippen LogP contribution in [0.4, 0.5) is 5.69 Å². The molecule has 0 radical (unpaired) electrons. The third kappa shape index (κ3) is 4.02. The second-order valence-corrected chi connectivity index (χ2v) is 6.93. The molecule has 5 heteroatoms. The molecule has 17 heavy (non-hydrogen) atoms. The fourth-order valence-electron chi connectivity index (χ4n) is 1.39. The second-order valence-electron chi connectivity index (χ2n) is 5.24. The van der Waals surface area contributed by atoms with Crippen molar-refractivity contribution in [2.75, 3.05) is 19.0 Å². The molecule has 0 atom stereocenters. The lowest BCUT2D eigenvalue weighted by Crippen LogP contribution is -2.40. The van der Waals surface area contributed by atoms with E-state index in [0.29, 0.717) is 0 Å². The highest BCUT2D eigenvalue weighted by molar-refractivity contribution is 7.89. The first kappa shape index (κ1) is 14.0. The SMILES string of the molecule is CN(C)c1ccc(S(=O)(=O)NC(C)(C)C)cc1. The van der Waals surface area contributed by atoms with Gasteiger partial charge in [0.25, 0.3) is 0 Å². The maximum atomic E-state index is 12.0. The lowest BCUT2D eigenvalue weighted by Gasteiger charge is -2.20. The van der Waals surface area contributed by atoms with Gasteiger partial charge < -0.3 is 4.90 Å². The number of nitrogens with zero attached hydrogens (tertiary/aromatic N) is 1. The van der Waals surface area contributed by atoms with Gasteiger partial charge in [-0.25, -0.2) is 13.1 Å². The van der Waals surface area contributed by atoms with E-state index in [-0.39, 0.29) is 4.90 Å². The zero-order valence-electron chi connectivity index (χ0n) is 11.0. The Morgan fingerprint density at radius 2 is 1.53 bits per heavy atom. The summed E-state index contributed by atoms with van der Waals surface area (Å²) in [6.07, 6.45) is 0.